The van der Waals surface area contributed by atoms with Crippen molar-refractivity contribution in [2.45, 2.75) is 264 Å². The lowest BCUT2D eigenvalue weighted by atomic mass is 10.0. The van der Waals surface area contributed by atoms with Crippen molar-refractivity contribution < 1.29 is 22.9 Å². The van der Waals surface area contributed by atoms with E-state index in [1.54, 1.807) is 0 Å². The van der Waals surface area contributed by atoms with E-state index in [4.69, 9.17) is 0 Å². The minimum Gasteiger partial charge on any atom is -0.391 e. The van der Waals surface area contributed by atoms with Gasteiger partial charge in [0, 0.05) is 6.42 Å². The Morgan fingerprint density at radius 1 is 0.483 bits per heavy atom. The summed E-state index contributed by atoms with van der Waals surface area (Å²) in [6, 6.07) is -0.975. The number of amides is 1. The van der Waals surface area contributed by atoms with E-state index in [1.807, 2.05) is 0 Å². The highest BCUT2D eigenvalue weighted by molar-refractivity contribution is 7.85. The molecular weight excluding hydrogens is 739 g/mol. The van der Waals surface area contributed by atoms with Crippen LogP contribution in [0.1, 0.15) is 251 Å². The SMILES string of the molecule is CC/C=C\C/C=C\C/C=C\C/C=C\CCCCCCCCCCCCC(=O)NC(CS(=O)(=O)O)C(O)CCCCCCCCCCCCCCCCCCCCCC. The van der Waals surface area contributed by atoms with Crippen LogP contribution in [0.3, 0.4) is 0 Å². The molecule has 0 aromatic heterocycles. The predicted molar refractivity (Wildman–Crippen MR) is 253 cm³/mol. The van der Waals surface area contributed by atoms with Gasteiger partial charge in [-0.05, 0) is 51.4 Å². The van der Waals surface area contributed by atoms with Gasteiger partial charge in [0.2, 0.25) is 5.91 Å². The number of aliphatic hydroxyl groups excluding tert-OH is 1. The molecule has 0 spiro atoms. The number of rotatable bonds is 45. The van der Waals surface area contributed by atoms with E-state index in [2.05, 4.69) is 67.8 Å². The van der Waals surface area contributed by atoms with Gasteiger partial charge in [0.15, 0.2) is 0 Å². The summed E-state index contributed by atoms with van der Waals surface area (Å²) in [5, 5.41) is 13.4. The molecule has 3 N–H and O–H groups in total. The summed E-state index contributed by atoms with van der Waals surface area (Å²) in [5.41, 5.74) is 0. The van der Waals surface area contributed by atoms with Gasteiger partial charge >= 0.3 is 0 Å². The highest BCUT2D eigenvalue weighted by Gasteiger charge is 2.26. The topological polar surface area (TPSA) is 104 Å². The van der Waals surface area contributed by atoms with E-state index in [1.165, 1.54) is 161 Å². The Morgan fingerprint density at radius 2 is 0.828 bits per heavy atom. The number of hydrogen-bond acceptors (Lipinski definition) is 4. The Morgan fingerprint density at radius 3 is 1.22 bits per heavy atom. The fraction of sp³-hybridized carbons (Fsp3) is 0.824. The molecule has 0 saturated carbocycles. The van der Waals surface area contributed by atoms with Crippen LogP contribution in [-0.4, -0.2) is 41.9 Å². The van der Waals surface area contributed by atoms with E-state index in [-0.39, 0.29) is 5.91 Å². The quantitative estimate of drug-likeness (QED) is 0.0322. The van der Waals surface area contributed by atoms with E-state index < -0.39 is 28.0 Å². The Labute approximate surface area is 360 Å². The van der Waals surface area contributed by atoms with Crippen molar-refractivity contribution in [3.05, 3.63) is 48.6 Å². The van der Waals surface area contributed by atoms with Gasteiger partial charge in [-0.15, -0.1) is 0 Å². The average molecular weight is 834 g/mol. The first-order valence-electron chi connectivity index (χ1n) is 24.8. The van der Waals surface area contributed by atoms with Crippen LogP contribution in [0.4, 0.5) is 0 Å². The third-order valence-electron chi connectivity index (χ3n) is 11.3. The smallest absolute Gasteiger partial charge is 0.266 e. The summed E-state index contributed by atoms with van der Waals surface area (Å²) < 4.78 is 32.7. The number of carbonyl (C=O) groups is 1. The van der Waals surface area contributed by atoms with Crippen molar-refractivity contribution >= 4 is 16.0 Å². The van der Waals surface area contributed by atoms with Crippen molar-refractivity contribution in [3.8, 4) is 0 Å². The molecule has 2 atom stereocenters. The molecule has 1 amide bonds. The zero-order chi connectivity index (χ0) is 42.5. The minimum atomic E-state index is -4.32. The molecule has 0 aliphatic heterocycles. The van der Waals surface area contributed by atoms with Crippen molar-refractivity contribution in [2.75, 3.05) is 5.75 Å². The molecule has 0 fully saturated rings. The first-order valence-corrected chi connectivity index (χ1v) is 26.4. The standard InChI is InChI=1S/C51H95NO5S/c1-3-5-7-9-11-13-15-17-19-21-23-25-26-27-29-31-33-35-37-39-41-43-45-47-51(54)52-49(48-58(55,56)57)50(53)46-44-42-40-38-36-34-32-30-28-24-22-20-18-16-14-12-10-8-6-4-2/h5,7,11,13,17,19,23,25,49-50,53H,3-4,6,8-10,12,14-16,18,20-22,24,26-48H2,1-2H3,(H,52,54)(H,55,56,57)/b7-5-,13-11-,19-17-,25-23-. The number of carbonyl (C=O) groups excluding carboxylic acids is 1. The van der Waals surface area contributed by atoms with E-state index >= 15 is 0 Å². The Hall–Kier alpha value is -1.70. The van der Waals surface area contributed by atoms with Gasteiger partial charge in [-0.2, -0.15) is 8.42 Å². The maximum absolute atomic E-state index is 12.6. The Balaban J connectivity index is 3.78. The van der Waals surface area contributed by atoms with Crippen LogP contribution in [0.5, 0.6) is 0 Å². The lowest BCUT2D eigenvalue weighted by Crippen LogP contribution is -2.47. The highest BCUT2D eigenvalue weighted by Crippen LogP contribution is 2.17. The first kappa shape index (κ1) is 56.3. The second-order valence-corrected chi connectivity index (χ2v) is 18.6. The molecule has 0 heterocycles. The van der Waals surface area contributed by atoms with Crippen molar-refractivity contribution in [1.29, 1.82) is 0 Å². The van der Waals surface area contributed by atoms with Crippen LogP contribution in [0.2, 0.25) is 0 Å². The molecule has 0 bridgehead atoms. The summed E-state index contributed by atoms with van der Waals surface area (Å²) in [6.07, 6.45) is 60.7. The monoisotopic (exact) mass is 834 g/mol. The fourth-order valence-electron chi connectivity index (χ4n) is 7.62. The minimum absolute atomic E-state index is 0.249. The molecule has 340 valence electrons. The summed E-state index contributed by atoms with van der Waals surface area (Å²) in [4.78, 5) is 12.6. The molecular formula is C51H95NO5S. The molecule has 0 radical (unpaired) electrons. The zero-order valence-electron chi connectivity index (χ0n) is 38.2. The maximum atomic E-state index is 12.6. The summed E-state index contributed by atoms with van der Waals surface area (Å²) in [7, 11) is -4.32. The van der Waals surface area contributed by atoms with Crippen LogP contribution < -0.4 is 5.32 Å². The number of unbranched alkanes of at least 4 members (excludes halogenated alkanes) is 29. The molecule has 0 rings (SSSR count). The molecule has 0 aromatic rings. The molecule has 0 aromatic carbocycles. The van der Waals surface area contributed by atoms with E-state index in [0.29, 0.717) is 12.8 Å². The summed E-state index contributed by atoms with van der Waals surface area (Å²) in [6.45, 7) is 4.44. The van der Waals surface area contributed by atoms with Gasteiger partial charge in [0.25, 0.3) is 10.1 Å². The van der Waals surface area contributed by atoms with Crippen LogP contribution in [0.15, 0.2) is 48.6 Å². The van der Waals surface area contributed by atoms with Crippen molar-refractivity contribution in [3.63, 3.8) is 0 Å². The van der Waals surface area contributed by atoms with E-state index in [0.717, 1.165) is 64.2 Å². The van der Waals surface area contributed by atoms with Crippen LogP contribution in [-0.2, 0) is 14.9 Å². The van der Waals surface area contributed by atoms with Crippen LogP contribution >= 0.6 is 0 Å². The van der Waals surface area contributed by atoms with Crippen molar-refractivity contribution in [1.82, 2.24) is 5.32 Å². The molecule has 6 nitrogen and oxygen atoms in total. The zero-order valence-corrected chi connectivity index (χ0v) is 39.0. The molecule has 0 aliphatic rings. The highest BCUT2D eigenvalue weighted by atomic mass is 32.2. The number of aliphatic hydroxyl groups is 1. The molecule has 7 heteroatoms. The first-order chi connectivity index (χ1) is 28.3. The van der Waals surface area contributed by atoms with Crippen LogP contribution in [0.25, 0.3) is 0 Å². The van der Waals surface area contributed by atoms with Gasteiger partial charge in [0.05, 0.1) is 17.9 Å². The second-order valence-electron chi connectivity index (χ2n) is 17.1. The summed E-state index contributed by atoms with van der Waals surface area (Å²) in [5.74, 6) is -0.898. The van der Waals surface area contributed by atoms with Gasteiger partial charge < -0.3 is 10.4 Å². The lowest BCUT2D eigenvalue weighted by Gasteiger charge is -2.23. The van der Waals surface area contributed by atoms with Crippen LogP contribution in [0, 0.1) is 0 Å². The van der Waals surface area contributed by atoms with Gasteiger partial charge in [-0.25, -0.2) is 0 Å². The Kier molecular flexibility index (Phi) is 43.5. The fourth-order valence-corrected chi connectivity index (χ4v) is 8.38. The summed E-state index contributed by atoms with van der Waals surface area (Å²) >= 11 is 0. The maximum Gasteiger partial charge on any atom is 0.266 e. The normalized spacial score (nSPS) is 13.5. The number of nitrogens with one attached hydrogen (secondary N) is 1. The third-order valence-corrected chi connectivity index (χ3v) is 12.1. The van der Waals surface area contributed by atoms with Gasteiger partial charge in [-0.3, -0.25) is 9.35 Å². The molecule has 0 saturated heterocycles. The number of allylic oxidation sites excluding steroid dienone is 8. The van der Waals surface area contributed by atoms with Crippen molar-refractivity contribution in [2.24, 2.45) is 0 Å². The second kappa shape index (κ2) is 44.8. The third kappa shape index (κ3) is 45.4. The molecule has 58 heavy (non-hydrogen) atoms. The van der Waals surface area contributed by atoms with Gasteiger partial charge in [-0.1, -0.05) is 242 Å². The lowest BCUT2D eigenvalue weighted by molar-refractivity contribution is -0.122. The molecule has 0 aliphatic carbocycles. The largest absolute Gasteiger partial charge is 0.391 e. The number of hydrogen-bond donors (Lipinski definition) is 3. The average Bonchev–Trinajstić information content (AvgIpc) is 3.19. The van der Waals surface area contributed by atoms with Gasteiger partial charge in [0.1, 0.15) is 0 Å². The Bertz CT molecular complexity index is 1100. The molecule has 2 unspecified atom stereocenters. The predicted octanol–water partition coefficient (Wildman–Crippen LogP) is 15.4. The van der Waals surface area contributed by atoms with E-state index in [9.17, 15) is 22.9 Å².